The molecule has 3 rings (SSSR count). The minimum Gasteiger partial charge on any atom is -0.349 e. The molecule has 0 unspecified atom stereocenters. The zero-order chi connectivity index (χ0) is 13.9. The van der Waals surface area contributed by atoms with Gasteiger partial charge in [0.1, 0.15) is 0 Å². The number of ketones is 1. The lowest BCUT2D eigenvalue weighted by molar-refractivity contribution is 0.0905. The van der Waals surface area contributed by atoms with Crippen molar-refractivity contribution in [3.8, 4) is 0 Å². The van der Waals surface area contributed by atoms with Crippen LogP contribution in [0.1, 0.15) is 32.7 Å². The Morgan fingerprint density at radius 3 is 2.45 bits per heavy atom. The van der Waals surface area contributed by atoms with Gasteiger partial charge in [-0.1, -0.05) is 42.5 Å². The summed E-state index contributed by atoms with van der Waals surface area (Å²) in [7, 11) is 0. The summed E-state index contributed by atoms with van der Waals surface area (Å²) in [6.07, 6.45) is 1.08. The van der Waals surface area contributed by atoms with Gasteiger partial charge in [0.15, 0.2) is 5.78 Å². The number of Topliss-reactive ketones (excluding diaryl/α,β-unsaturated/α-hetero) is 1. The minimum atomic E-state index is -0.122. The first-order valence-corrected chi connectivity index (χ1v) is 6.71. The van der Waals surface area contributed by atoms with Gasteiger partial charge in [0, 0.05) is 23.6 Å². The summed E-state index contributed by atoms with van der Waals surface area (Å²) < 4.78 is 0. The summed E-state index contributed by atoms with van der Waals surface area (Å²) in [5.74, 6) is -0.0204. The summed E-state index contributed by atoms with van der Waals surface area (Å²) in [6.45, 7) is 0. The van der Waals surface area contributed by atoms with E-state index in [9.17, 15) is 9.59 Å². The van der Waals surface area contributed by atoms with Gasteiger partial charge in [-0.3, -0.25) is 9.59 Å². The first kappa shape index (κ1) is 12.6. The van der Waals surface area contributed by atoms with Gasteiger partial charge in [0.05, 0.1) is 0 Å². The summed E-state index contributed by atoms with van der Waals surface area (Å²) >= 11 is 0. The molecule has 0 saturated carbocycles. The van der Waals surface area contributed by atoms with Crippen molar-refractivity contribution in [3.63, 3.8) is 0 Å². The topological polar surface area (TPSA) is 46.2 Å². The van der Waals surface area contributed by atoms with Gasteiger partial charge in [0.25, 0.3) is 5.91 Å². The van der Waals surface area contributed by atoms with Gasteiger partial charge < -0.3 is 5.32 Å². The third-order valence-electron chi connectivity index (χ3n) is 3.59. The first-order chi connectivity index (χ1) is 9.74. The van der Waals surface area contributed by atoms with Crippen LogP contribution in [0, 0.1) is 0 Å². The molecule has 0 fully saturated rings. The van der Waals surface area contributed by atoms with E-state index in [2.05, 4.69) is 5.32 Å². The number of carbonyl (C=O) groups is 2. The summed E-state index contributed by atoms with van der Waals surface area (Å²) in [5.41, 5.74) is 2.43. The van der Waals surface area contributed by atoms with E-state index in [1.54, 1.807) is 12.1 Å². The Bertz CT molecular complexity index is 649. The Hall–Kier alpha value is -2.42. The van der Waals surface area contributed by atoms with E-state index >= 15 is 0 Å². The van der Waals surface area contributed by atoms with E-state index in [1.165, 1.54) is 0 Å². The lowest BCUT2D eigenvalue weighted by atomic mass is 9.87. The Morgan fingerprint density at radius 2 is 1.65 bits per heavy atom. The molecule has 0 bridgehead atoms. The molecule has 0 radical (unpaired) electrons. The van der Waals surface area contributed by atoms with Crippen LogP contribution in [-0.2, 0) is 6.42 Å². The zero-order valence-corrected chi connectivity index (χ0v) is 11.0. The lowest BCUT2D eigenvalue weighted by Gasteiger charge is -2.24. The van der Waals surface area contributed by atoms with Crippen molar-refractivity contribution in [2.75, 3.05) is 0 Å². The predicted molar refractivity (Wildman–Crippen MR) is 76.8 cm³/mol. The Morgan fingerprint density at radius 1 is 0.950 bits per heavy atom. The molecule has 2 aromatic rings. The number of fused-ring (bicyclic) bond motifs is 1. The number of hydrogen-bond acceptors (Lipinski definition) is 2. The number of amides is 1. The molecule has 0 saturated heterocycles. The molecule has 1 amide bonds. The summed E-state index contributed by atoms with van der Waals surface area (Å²) in [6, 6.07) is 16.6. The van der Waals surface area contributed by atoms with Crippen LogP contribution >= 0.6 is 0 Å². The van der Waals surface area contributed by atoms with Crippen molar-refractivity contribution in [2.24, 2.45) is 0 Å². The molecule has 3 nitrogen and oxygen atoms in total. The van der Waals surface area contributed by atoms with Crippen LogP contribution in [0.5, 0.6) is 0 Å². The van der Waals surface area contributed by atoms with Crippen molar-refractivity contribution in [1.82, 2.24) is 5.32 Å². The quantitative estimate of drug-likeness (QED) is 0.907. The SMILES string of the molecule is O=C(N[C@H]1CC(=O)c2ccccc2C1)c1ccccc1. The average Bonchev–Trinajstić information content (AvgIpc) is 2.48. The molecule has 20 heavy (non-hydrogen) atoms. The van der Waals surface area contributed by atoms with Gasteiger partial charge in [-0.25, -0.2) is 0 Å². The smallest absolute Gasteiger partial charge is 0.251 e. The number of hydrogen-bond donors (Lipinski definition) is 1. The molecule has 3 heteroatoms. The van der Waals surface area contributed by atoms with E-state index in [1.807, 2.05) is 42.5 Å². The third kappa shape index (κ3) is 2.48. The van der Waals surface area contributed by atoms with E-state index in [0.29, 0.717) is 18.4 Å². The van der Waals surface area contributed by atoms with E-state index in [0.717, 1.165) is 11.1 Å². The minimum absolute atomic E-state index is 0.102. The van der Waals surface area contributed by atoms with Gasteiger partial charge in [-0.2, -0.15) is 0 Å². The summed E-state index contributed by atoms with van der Waals surface area (Å²) in [4.78, 5) is 24.2. The molecule has 1 N–H and O–H groups in total. The average molecular weight is 265 g/mol. The second-order valence-corrected chi connectivity index (χ2v) is 5.02. The predicted octanol–water partition coefficient (Wildman–Crippen LogP) is 2.61. The summed E-state index contributed by atoms with van der Waals surface area (Å²) in [5, 5.41) is 2.95. The maximum Gasteiger partial charge on any atom is 0.251 e. The molecule has 1 aliphatic carbocycles. The van der Waals surface area contributed by atoms with Gasteiger partial charge in [0.2, 0.25) is 0 Å². The van der Waals surface area contributed by atoms with Crippen LogP contribution in [0.25, 0.3) is 0 Å². The highest BCUT2D eigenvalue weighted by atomic mass is 16.2. The van der Waals surface area contributed by atoms with Crippen molar-refractivity contribution in [1.29, 1.82) is 0 Å². The van der Waals surface area contributed by atoms with E-state index in [4.69, 9.17) is 0 Å². The lowest BCUT2D eigenvalue weighted by Crippen LogP contribution is -2.40. The standard InChI is InChI=1S/C17H15NO2/c19-16-11-14(10-13-8-4-5-9-15(13)16)18-17(20)12-6-2-1-3-7-12/h1-9,14H,10-11H2,(H,18,20)/t14-/m1/s1. The third-order valence-corrected chi connectivity index (χ3v) is 3.59. The highest BCUT2D eigenvalue weighted by Crippen LogP contribution is 2.21. The monoisotopic (exact) mass is 265 g/mol. The highest BCUT2D eigenvalue weighted by Gasteiger charge is 2.25. The molecule has 0 aromatic heterocycles. The molecule has 0 heterocycles. The fraction of sp³-hybridized carbons (Fsp3) is 0.176. The molecular weight excluding hydrogens is 250 g/mol. The molecule has 0 spiro atoms. The highest BCUT2D eigenvalue weighted by molar-refractivity contribution is 6.00. The van der Waals surface area contributed by atoms with Crippen molar-refractivity contribution in [3.05, 3.63) is 71.3 Å². The Kier molecular flexibility index (Phi) is 3.33. The second-order valence-electron chi connectivity index (χ2n) is 5.02. The zero-order valence-electron chi connectivity index (χ0n) is 11.0. The van der Waals surface area contributed by atoms with Crippen molar-refractivity contribution < 1.29 is 9.59 Å². The molecule has 1 aliphatic rings. The van der Waals surface area contributed by atoms with Crippen LogP contribution < -0.4 is 5.32 Å². The van der Waals surface area contributed by atoms with Crippen LogP contribution in [-0.4, -0.2) is 17.7 Å². The Balaban J connectivity index is 1.75. The fourth-order valence-electron chi connectivity index (χ4n) is 2.60. The molecule has 0 aliphatic heterocycles. The molecular formula is C17H15NO2. The molecule has 1 atom stereocenters. The molecule has 2 aromatic carbocycles. The van der Waals surface area contributed by atoms with E-state index in [-0.39, 0.29) is 17.7 Å². The first-order valence-electron chi connectivity index (χ1n) is 6.71. The van der Waals surface area contributed by atoms with Gasteiger partial charge in [-0.15, -0.1) is 0 Å². The van der Waals surface area contributed by atoms with Crippen LogP contribution in [0.15, 0.2) is 54.6 Å². The van der Waals surface area contributed by atoms with Crippen LogP contribution in [0.4, 0.5) is 0 Å². The van der Waals surface area contributed by atoms with Crippen molar-refractivity contribution >= 4 is 11.7 Å². The number of nitrogens with one attached hydrogen (secondary N) is 1. The Labute approximate surface area is 117 Å². The maximum absolute atomic E-state index is 12.1. The van der Waals surface area contributed by atoms with Gasteiger partial charge in [-0.05, 0) is 24.1 Å². The van der Waals surface area contributed by atoms with Crippen LogP contribution in [0.2, 0.25) is 0 Å². The molecule has 100 valence electrons. The number of carbonyl (C=O) groups excluding carboxylic acids is 2. The number of benzene rings is 2. The number of rotatable bonds is 2. The normalized spacial score (nSPS) is 17.4. The maximum atomic E-state index is 12.1. The fourth-order valence-corrected chi connectivity index (χ4v) is 2.60. The van der Waals surface area contributed by atoms with Crippen molar-refractivity contribution in [2.45, 2.75) is 18.9 Å². The van der Waals surface area contributed by atoms with Crippen LogP contribution in [0.3, 0.4) is 0 Å². The second kappa shape index (κ2) is 5.29. The van der Waals surface area contributed by atoms with E-state index < -0.39 is 0 Å². The largest absolute Gasteiger partial charge is 0.349 e. The van der Waals surface area contributed by atoms with Gasteiger partial charge >= 0.3 is 0 Å².